The van der Waals surface area contributed by atoms with Gasteiger partial charge in [0, 0.05) is 18.4 Å². The van der Waals surface area contributed by atoms with Gasteiger partial charge in [0.2, 0.25) is 11.8 Å². The van der Waals surface area contributed by atoms with Crippen LogP contribution in [-0.2, 0) is 38.1 Å². The van der Waals surface area contributed by atoms with Crippen LogP contribution in [0.3, 0.4) is 0 Å². The maximum Gasteiger partial charge on any atom is 0.338 e. The Hall–Kier alpha value is -3.62. The molecule has 0 bridgehead atoms. The summed E-state index contributed by atoms with van der Waals surface area (Å²) in [6, 6.07) is 5.19. The summed E-state index contributed by atoms with van der Waals surface area (Å²) in [6.07, 6.45) is 5.98. The molecule has 4 fully saturated rings. The van der Waals surface area contributed by atoms with Gasteiger partial charge in [0.25, 0.3) is 0 Å². The van der Waals surface area contributed by atoms with Gasteiger partial charge in [-0.3, -0.25) is 14.4 Å². The average Bonchev–Trinajstić information content (AvgIpc) is 3.50. The summed E-state index contributed by atoms with van der Waals surface area (Å²) in [7, 11) is 0. The molecule has 0 radical (unpaired) electrons. The second kappa shape index (κ2) is 16.7. The van der Waals surface area contributed by atoms with Gasteiger partial charge in [-0.2, -0.15) is 0 Å². The van der Waals surface area contributed by atoms with Crippen molar-refractivity contribution in [1.29, 1.82) is 0 Å². The molecule has 0 aromatic heterocycles. The van der Waals surface area contributed by atoms with E-state index in [1.165, 1.54) is 12.5 Å². The molecular weight excluding hydrogens is 720 g/mol. The van der Waals surface area contributed by atoms with E-state index in [0.29, 0.717) is 23.5 Å². The van der Waals surface area contributed by atoms with Gasteiger partial charge in [-0.1, -0.05) is 37.6 Å². The first-order chi connectivity index (χ1) is 26.4. The molecular formula is C43H60N2O11. The highest BCUT2D eigenvalue weighted by Gasteiger charge is 2.56. The van der Waals surface area contributed by atoms with Crippen LogP contribution in [-0.4, -0.2) is 101 Å². The number of epoxide rings is 1. The highest BCUT2D eigenvalue weighted by atomic mass is 16.7. The molecule has 13 nitrogen and oxygen atoms in total. The Labute approximate surface area is 329 Å². The first kappa shape index (κ1) is 42.0. The predicted molar refractivity (Wildman–Crippen MR) is 206 cm³/mol. The molecule has 6 rings (SSSR count). The van der Waals surface area contributed by atoms with Crippen molar-refractivity contribution in [3.05, 3.63) is 52.6 Å². The van der Waals surface area contributed by atoms with Gasteiger partial charge >= 0.3 is 11.9 Å². The van der Waals surface area contributed by atoms with Crippen molar-refractivity contribution in [2.75, 3.05) is 13.4 Å². The summed E-state index contributed by atoms with van der Waals surface area (Å²) >= 11 is 0. The molecule has 10 atom stereocenters. The number of amides is 2. The average molecular weight is 781 g/mol. The molecule has 2 saturated heterocycles. The summed E-state index contributed by atoms with van der Waals surface area (Å²) in [5.74, 6) is -1.34. The summed E-state index contributed by atoms with van der Waals surface area (Å²) in [5.41, 5.74) is 2.51. The molecule has 2 heterocycles. The maximum absolute atomic E-state index is 13.7. The van der Waals surface area contributed by atoms with E-state index in [2.05, 4.69) is 37.5 Å². The summed E-state index contributed by atoms with van der Waals surface area (Å²) in [4.78, 5) is 52.7. The molecule has 2 aliphatic heterocycles. The first-order valence-electron chi connectivity index (χ1n) is 20.1. The van der Waals surface area contributed by atoms with Crippen LogP contribution < -0.4 is 10.6 Å². The number of allylic oxidation sites excluding steroid dienone is 1. The number of nitrogens with one attached hydrogen (secondary N) is 2. The zero-order valence-electron chi connectivity index (χ0n) is 33.8. The molecule has 308 valence electrons. The topological polar surface area (TPSA) is 182 Å². The van der Waals surface area contributed by atoms with Crippen LogP contribution in [0.5, 0.6) is 0 Å². The lowest BCUT2D eigenvalue weighted by atomic mass is 9.52. The van der Waals surface area contributed by atoms with Gasteiger partial charge in [-0.25, -0.2) is 4.79 Å². The molecule has 56 heavy (non-hydrogen) atoms. The fourth-order valence-electron chi connectivity index (χ4n) is 8.93. The van der Waals surface area contributed by atoms with Crippen molar-refractivity contribution >= 4 is 29.8 Å². The largest absolute Gasteiger partial charge is 0.460 e. The maximum atomic E-state index is 13.7. The van der Waals surface area contributed by atoms with Crippen molar-refractivity contribution in [2.45, 2.75) is 154 Å². The monoisotopic (exact) mass is 780 g/mol. The van der Waals surface area contributed by atoms with Crippen LogP contribution in [0, 0.1) is 17.3 Å². The molecule has 0 spiro atoms. The van der Waals surface area contributed by atoms with Crippen LogP contribution in [0.15, 0.2) is 41.5 Å². The lowest BCUT2D eigenvalue weighted by molar-refractivity contribution is -0.155. The number of aliphatic hydroxyl groups is 2. The summed E-state index contributed by atoms with van der Waals surface area (Å²) in [6.45, 7) is 13.0. The van der Waals surface area contributed by atoms with Crippen molar-refractivity contribution in [3.63, 3.8) is 0 Å². The summed E-state index contributed by atoms with van der Waals surface area (Å²) in [5, 5.41) is 25.6. The number of hydrogen-bond acceptors (Lipinski definition) is 11. The Kier molecular flexibility index (Phi) is 12.5. The minimum absolute atomic E-state index is 0.000350. The van der Waals surface area contributed by atoms with E-state index in [9.17, 15) is 29.4 Å². The fraction of sp³-hybridized carbons (Fsp3) is 0.674. The van der Waals surface area contributed by atoms with Crippen molar-refractivity contribution in [1.82, 2.24) is 10.6 Å². The van der Waals surface area contributed by atoms with Gasteiger partial charge < -0.3 is 44.5 Å². The van der Waals surface area contributed by atoms with Crippen molar-refractivity contribution in [2.24, 2.45) is 17.3 Å². The number of hydrogen-bond donors (Lipinski definition) is 4. The van der Waals surface area contributed by atoms with Gasteiger partial charge in [0.1, 0.15) is 36.7 Å². The normalized spacial score (nSPS) is 31.6. The van der Waals surface area contributed by atoms with E-state index in [1.807, 2.05) is 18.2 Å². The van der Waals surface area contributed by atoms with Crippen LogP contribution >= 0.6 is 0 Å². The Morgan fingerprint density at radius 3 is 2.55 bits per heavy atom. The molecule has 1 aromatic carbocycles. The van der Waals surface area contributed by atoms with E-state index in [-0.39, 0.29) is 42.6 Å². The van der Waals surface area contributed by atoms with Gasteiger partial charge in [-0.15, -0.1) is 0 Å². The predicted octanol–water partition coefficient (Wildman–Crippen LogP) is 4.53. The van der Waals surface area contributed by atoms with Crippen LogP contribution in [0.2, 0.25) is 0 Å². The number of esters is 2. The third-order valence-electron chi connectivity index (χ3n) is 12.2. The second-order valence-electron chi connectivity index (χ2n) is 18.2. The zero-order valence-corrected chi connectivity index (χ0v) is 33.8. The van der Waals surface area contributed by atoms with Crippen molar-refractivity contribution in [3.8, 4) is 0 Å². The summed E-state index contributed by atoms with van der Waals surface area (Å²) < 4.78 is 28.9. The molecule has 5 aliphatic rings. The van der Waals surface area contributed by atoms with E-state index in [4.69, 9.17) is 23.7 Å². The minimum atomic E-state index is -1.39. The number of carbonyl (C=O) groups excluding carboxylic acids is 4. The molecule has 3 aliphatic carbocycles. The third kappa shape index (κ3) is 9.90. The number of rotatable bonds is 12. The molecule has 13 heteroatoms. The standard InChI is InChI=1S/C43H60N2O11/c1-24(47)36(39(50)44-29(22-46)12-14-35(48)56-41(2,3)4)45-38(49)28-19-32-37(53-23-52-32)33(20-28)54-40(51)27-10-8-9-25(18-27)17-26-11-13-34-43(7,55-34)16-15-31-30(26)21-42(31,5)6/h8-10,17-19,24,29-34,36-37,46-47H,11-16,20-23H2,1-7H3,(H,44,50)(H,45,49). The number of ether oxygens (including phenoxy) is 5. The number of benzene rings is 1. The number of carbonyl (C=O) groups is 4. The van der Waals surface area contributed by atoms with Gasteiger partial charge in [0.15, 0.2) is 0 Å². The van der Waals surface area contributed by atoms with Crippen LogP contribution in [0.1, 0.15) is 116 Å². The molecule has 1 aromatic rings. The lowest BCUT2D eigenvalue weighted by Gasteiger charge is -2.53. The molecule has 2 saturated carbocycles. The molecule has 4 N–H and O–H groups in total. The number of aliphatic hydroxyl groups excluding tert-OH is 2. The van der Waals surface area contributed by atoms with E-state index in [0.717, 1.165) is 37.7 Å². The number of fused-ring (bicyclic) bond motifs is 3. The highest BCUT2D eigenvalue weighted by Crippen LogP contribution is 2.59. The van der Waals surface area contributed by atoms with Gasteiger partial charge in [-0.05, 0) is 114 Å². The van der Waals surface area contributed by atoms with Crippen LogP contribution in [0.25, 0.3) is 6.08 Å². The van der Waals surface area contributed by atoms with Crippen LogP contribution in [0.4, 0.5) is 0 Å². The Morgan fingerprint density at radius 1 is 1.09 bits per heavy atom. The second-order valence-corrected chi connectivity index (χ2v) is 18.2. The van der Waals surface area contributed by atoms with Gasteiger partial charge in [0.05, 0.1) is 36.0 Å². The van der Waals surface area contributed by atoms with E-state index >= 15 is 0 Å². The minimum Gasteiger partial charge on any atom is -0.460 e. The first-order valence-corrected chi connectivity index (χ1v) is 20.1. The third-order valence-corrected chi connectivity index (χ3v) is 12.2. The van der Waals surface area contributed by atoms with Crippen molar-refractivity contribution < 1.29 is 53.1 Å². The highest BCUT2D eigenvalue weighted by molar-refractivity contribution is 5.98. The Morgan fingerprint density at radius 2 is 1.86 bits per heavy atom. The molecule has 2 amide bonds. The molecule has 10 unspecified atom stereocenters. The smallest absolute Gasteiger partial charge is 0.338 e. The quantitative estimate of drug-likeness (QED) is 0.173. The fourth-order valence-corrected chi connectivity index (χ4v) is 8.93. The lowest BCUT2D eigenvalue weighted by Crippen LogP contribution is -2.55. The zero-order chi connectivity index (χ0) is 40.6. The Bertz CT molecular complexity index is 1710. The SMILES string of the molecule is CC(O)C(NC(=O)C1=CC2OCOC2C(OC(=O)c2cccc(C=C3CCC4OC4(C)CCC4C3CC4(C)C)c2)C1)C(=O)NC(CO)CCC(=O)OC(C)(C)C. The Balaban J connectivity index is 1.09. The van der Waals surface area contributed by atoms with E-state index in [1.54, 1.807) is 32.9 Å². The van der Waals surface area contributed by atoms with E-state index < -0.39 is 72.5 Å².